The van der Waals surface area contributed by atoms with Crippen LogP contribution >= 0.6 is 23.1 Å². The number of aromatic nitrogens is 4. The normalized spacial score (nSPS) is 11.5. The van der Waals surface area contributed by atoms with Crippen molar-refractivity contribution in [2.75, 3.05) is 11.1 Å². The minimum absolute atomic E-state index is 0.232. The highest BCUT2D eigenvalue weighted by atomic mass is 32.2. The molecule has 0 unspecified atom stereocenters. The van der Waals surface area contributed by atoms with E-state index in [4.69, 9.17) is 0 Å². The topological polar surface area (TPSA) is 81.8 Å². The Morgan fingerprint density at radius 1 is 1.19 bits per heavy atom. The highest BCUT2D eigenvalue weighted by Crippen LogP contribution is 2.32. The van der Waals surface area contributed by atoms with Gasteiger partial charge in [-0.3, -0.25) is 4.79 Å². The second-order valence-corrected chi connectivity index (χ2v) is 7.17. The Labute approximate surface area is 158 Å². The summed E-state index contributed by atoms with van der Waals surface area (Å²) in [5.74, 6) is -1.68. The maximum absolute atomic E-state index is 12.4. The quantitative estimate of drug-likeness (QED) is 0.626. The van der Waals surface area contributed by atoms with Crippen LogP contribution in [0.15, 0.2) is 51.5 Å². The fraction of sp³-hybridized carbons (Fsp3) is 0.200. The van der Waals surface area contributed by atoms with Crippen molar-refractivity contribution in [3.8, 4) is 5.00 Å². The number of thioether (sulfide) groups is 1. The summed E-state index contributed by atoms with van der Waals surface area (Å²) >= 11 is 1.86. The Morgan fingerprint density at radius 2 is 1.96 bits per heavy atom. The van der Waals surface area contributed by atoms with Crippen molar-refractivity contribution in [2.24, 2.45) is 0 Å². The van der Waals surface area contributed by atoms with Crippen LogP contribution in [-0.4, -0.2) is 37.6 Å². The fourth-order valence-corrected chi connectivity index (χ4v) is 3.52. The lowest BCUT2D eigenvalue weighted by atomic mass is 10.3. The number of carbonyl (C=O) groups excluding carboxylic acids is 1. The summed E-state index contributed by atoms with van der Waals surface area (Å²) in [6.07, 6.45) is -4.32. The number of tetrazole rings is 1. The molecular formula is C15H12F3N5O2S2. The van der Waals surface area contributed by atoms with Crippen molar-refractivity contribution < 1.29 is 18.0 Å². The number of nitrogens with one attached hydrogen (secondary N) is 1. The molecule has 12 heteroatoms. The zero-order valence-corrected chi connectivity index (χ0v) is 15.1. The molecule has 0 aliphatic heterocycles. The molecule has 1 amide bonds. The van der Waals surface area contributed by atoms with Crippen molar-refractivity contribution in [1.82, 2.24) is 19.8 Å². The van der Waals surface area contributed by atoms with Crippen molar-refractivity contribution in [1.29, 1.82) is 0 Å². The first-order valence-corrected chi connectivity index (χ1v) is 9.35. The predicted molar refractivity (Wildman–Crippen MR) is 95.3 cm³/mol. The molecule has 0 aliphatic rings. The van der Waals surface area contributed by atoms with Crippen LogP contribution in [0.3, 0.4) is 0 Å². The van der Waals surface area contributed by atoms with Gasteiger partial charge in [-0.25, -0.2) is 4.79 Å². The zero-order chi connectivity index (χ0) is 19.4. The Kier molecular flexibility index (Phi) is 5.65. The van der Waals surface area contributed by atoms with Crippen molar-refractivity contribution in [3.63, 3.8) is 0 Å². The summed E-state index contributed by atoms with van der Waals surface area (Å²) in [6, 6.07) is 9.55. The lowest BCUT2D eigenvalue weighted by Crippen LogP contribution is -2.29. The molecular weight excluding hydrogens is 403 g/mol. The van der Waals surface area contributed by atoms with Crippen LogP contribution in [0.25, 0.3) is 5.00 Å². The molecule has 7 nitrogen and oxygen atoms in total. The number of anilines is 1. The molecule has 0 aliphatic carbocycles. The molecule has 0 spiro atoms. The van der Waals surface area contributed by atoms with Gasteiger partial charge in [-0.15, -0.1) is 23.1 Å². The van der Waals surface area contributed by atoms with Gasteiger partial charge >= 0.3 is 11.9 Å². The number of nitrogens with zero attached hydrogens (tertiary/aromatic N) is 4. The maximum atomic E-state index is 12.4. The van der Waals surface area contributed by atoms with Gasteiger partial charge in [0.1, 0.15) is 11.5 Å². The summed E-state index contributed by atoms with van der Waals surface area (Å²) in [7, 11) is 0. The average Bonchev–Trinajstić information content (AvgIpc) is 3.24. The molecule has 0 fully saturated rings. The van der Waals surface area contributed by atoms with Gasteiger partial charge in [-0.2, -0.15) is 22.5 Å². The molecule has 3 rings (SSSR count). The van der Waals surface area contributed by atoms with E-state index in [0.717, 1.165) is 9.36 Å². The van der Waals surface area contributed by atoms with Crippen molar-refractivity contribution in [2.45, 2.75) is 17.6 Å². The number of rotatable bonds is 6. The van der Waals surface area contributed by atoms with E-state index in [1.807, 2.05) is 0 Å². The van der Waals surface area contributed by atoms with Crippen LogP contribution in [0.2, 0.25) is 0 Å². The molecule has 1 N–H and O–H groups in total. The zero-order valence-electron chi connectivity index (χ0n) is 13.5. The minimum atomic E-state index is -4.32. The maximum Gasteiger partial charge on any atom is 0.398 e. The summed E-state index contributed by atoms with van der Waals surface area (Å²) in [5.41, 5.74) is -0.359. The van der Waals surface area contributed by atoms with E-state index in [2.05, 4.69) is 15.7 Å². The van der Waals surface area contributed by atoms with Gasteiger partial charge in [0.15, 0.2) is 0 Å². The lowest BCUT2D eigenvalue weighted by molar-refractivity contribution is -0.117. The van der Waals surface area contributed by atoms with Gasteiger partial charge in [0.25, 0.3) is 0 Å². The minimum Gasteiger partial charge on any atom is -0.323 e. The number of benzene rings is 1. The second kappa shape index (κ2) is 7.96. The number of alkyl halides is 3. The first-order chi connectivity index (χ1) is 12.8. The number of carbonyl (C=O) groups is 1. The Hall–Kier alpha value is -2.60. The molecule has 0 bridgehead atoms. The predicted octanol–water partition coefficient (Wildman–Crippen LogP) is 2.78. The van der Waals surface area contributed by atoms with Crippen LogP contribution < -0.4 is 11.0 Å². The number of amides is 1. The number of thiophene rings is 1. The van der Waals surface area contributed by atoms with Crippen LogP contribution in [0.5, 0.6) is 0 Å². The van der Waals surface area contributed by atoms with Gasteiger partial charge in [0, 0.05) is 4.90 Å². The van der Waals surface area contributed by atoms with Gasteiger partial charge in [0.05, 0.1) is 11.4 Å². The largest absolute Gasteiger partial charge is 0.398 e. The van der Waals surface area contributed by atoms with E-state index in [0.29, 0.717) is 16.8 Å². The fourth-order valence-electron chi connectivity index (χ4n) is 2.08. The van der Waals surface area contributed by atoms with Crippen LogP contribution in [-0.2, 0) is 11.3 Å². The number of hydrogen-bond acceptors (Lipinski definition) is 6. The van der Waals surface area contributed by atoms with Crippen LogP contribution in [0.4, 0.5) is 18.9 Å². The molecule has 1 aromatic carbocycles. The molecule has 0 atom stereocenters. The van der Waals surface area contributed by atoms with E-state index in [1.165, 1.54) is 23.5 Å². The molecule has 27 heavy (non-hydrogen) atoms. The smallest absolute Gasteiger partial charge is 0.323 e. The number of hydrogen-bond donors (Lipinski definition) is 1. The van der Waals surface area contributed by atoms with Gasteiger partial charge in [-0.1, -0.05) is 12.1 Å². The van der Waals surface area contributed by atoms with Gasteiger partial charge in [0.2, 0.25) is 5.91 Å². The summed E-state index contributed by atoms with van der Waals surface area (Å²) in [5, 5.41) is 12.2. The third kappa shape index (κ3) is 4.98. The van der Waals surface area contributed by atoms with E-state index in [-0.39, 0.29) is 10.6 Å². The molecule has 0 saturated carbocycles. The van der Waals surface area contributed by atoms with Crippen molar-refractivity contribution in [3.05, 3.63) is 52.3 Å². The van der Waals surface area contributed by atoms with Gasteiger partial charge < -0.3 is 5.32 Å². The molecule has 142 valence electrons. The summed E-state index contributed by atoms with van der Waals surface area (Å²) in [4.78, 5) is 24.7. The summed E-state index contributed by atoms with van der Waals surface area (Å²) in [6.45, 7) is -0.414. The number of halogens is 3. The van der Waals surface area contributed by atoms with E-state index < -0.39 is 30.1 Å². The Balaban J connectivity index is 1.69. The first-order valence-electron chi connectivity index (χ1n) is 7.48. The molecule has 0 saturated heterocycles. The third-order valence-electron chi connectivity index (χ3n) is 3.20. The first kappa shape index (κ1) is 19.2. The average molecular weight is 415 g/mol. The van der Waals surface area contributed by atoms with E-state index in [1.54, 1.807) is 29.6 Å². The Morgan fingerprint density at radius 3 is 2.67 bits per heavy atom. The Bertz CT molecular complexity index is 982. The van der Waals surface area contributed by atoms with Crippen LogP contribution in [0, 0.1) is 0 Å². The van der Waals surface area contributed by atoms with Crippen molar-refractivity contribution >= 4 is 34.7 Å². The molecule has 3 aromatic rings. The molecule has 2 heterocycles. The van der Waals surface area contributed by atoms with E-state index in [9.17, 15) is 22.8 Å². The summed E-state index contributed by atoms with van der Waals surface area (Å²) < 4.78 is 39.2. The molecule has 0 radical (unpaired) electrons. The third-order valence-corrected chi connectivity index (χ3v) is 5.18. The SMILES string of the molecule is O=C(Cn1nnn(-c2cccs2)c1=O)Nc1ccccc1SCC(F)(F)F. The molecule has 2 aromatic heterocycles. The second-order valence-electron chi connectivity index (χ2n) is 5.23. The highest BCUT2D eigenvalue weighted by Gasteiger charge is 2.27. The monoisotopic (exact) mass is 415 g/mol. The van der Waals surface area contributed by atoms with Gasteiger partial charge in [-0.05, 0) is 40.1 Å². The van der Waals surface area contributed by atoms with E-state index >= 15 is 0 Å². The highest BCUT2D eigenvalue weighted by molar-refractivity contribution is 7.99. The lowest BCUT2D eigenvalue weighted by Gasteiger charge is -2.11. The number of para-hydroxylation sites is 1. The standard InChI is InChI=1S/C15H12F3N5O2S2/c16-15(17,18)9-27-11-5-2-1-4-10(11)19-12(24)8-22-14(25)23(21-20-22)13-6-3-7-26-13/h1-7H,8-9H2,(H,19,24). The van der Waals surface area contributed by atoms with Crippen LogP contribution in [0.1, 0.15) is 0 Å².